The van der Waals surface area contributed by atoms with Gasteiger partial charge in [-0.25, -0.2) is 9.37 Å². The van der Waals surface area contributed by atoms with Crippen LogP contribution >= 0.6 is 0 Å². The van der Waals surface area contributed by atoms with Crippen molar-refractivity contribution in [3.8, 4) is 11.3 Å². The average molecular weight is 352 g/mol. The average Bonchev–Trinajstić information content (AvgIpc) is 3.00. The maximum absolute atomic E-state index is 13.4. The zero-order chi connectivity index (χ0) is 18.1. The lowest BCUT2D eigenvalue weighted by Gasteiger charge is -2.35. The smallest absolute Gasteiger partial charge is 0.137 e. The highest BCUT2D eigenvalue weighted by atomic mass is 19.1. The molecule has 1 aromatic carbocycles. The van der Waals surface area contributed by atoms with Gasteiger partial charge < -0.3 is 10.1 Å². The minimum atomic E-state index is -0.231. The van der Waals surface area contributed by atoms with Crippen LogP contribution in [-0.4, -0.2) is 26.9 Å². The third-order valence-corrected chi connectivity index (χ3v) is 5.43. The van der Waals surface area contributed by atoms with Crippen molar-refractivity contribution in [3.63, 3.8) is 0 Å². The standard InChI is InChI=1S/C21H25FN4/c1-2-18-5-3-4-12-25(18)14-19-21(15-6-8-16(22)9-7-15)24-20-11-10-17(23)13-26(19)20/h6-11,13,18H,2-5,12,14,23H2,1H3. The Bertz CT molecular complexity index is 900. The predicted octanol–water partition coefficient (Wildman–Crippen LogP) is 4.49. The largest absolute Gasteiger partial charge is 0.398 e. The molecule has 0 aliphatic carbocycles. The van der Waals surface area contributed by atoms with Gasteiger partial charge in [0.2, 0.25) is 0 Å². The number of halogens is 1. The number of piperidine rings is 1. The van der Waals surface area contributed by atoms with Crippen molar-refractivity contribution in [2.75, 3.05) is 12.3 Å². The molecule has 1 atom stereocenters. The Morgan fingerprint density at radius 1 is 1.15 bits per heavy atom. The van der Waals surface area contributed by atoms with Crippen molar-refractivity contribution >= 4 is 11.3 Å². The molecular formula is C21H25FN4. The van der Waals surface area contributed by atoms with E-state index in [9.17, 15) is 4.39 Å². The number of aromatic nitrogens is 2. The highest BCUT2D eigenvalue weighted by molar-refractivity contribution is 5.67. The van der Waals surface area contributed by atoms with Crippen molar-refractivity contribution in [1.82, 2.24) is 14.3 Å². The van der Waals surface area contributed by atoms with Gasteiger partial charge in [-0.05, 0) is 62.2 Å². The summed E-state index contributed by atoms with van der Waals surface area (Å²) in [6.45, 7) is 4.20. The molecule has 0 saturated carbocycles. The molecule has 136 valence electrons. The summed E-state index contributed by atoms with van der Waals surface area (Å²) in [5.74, 6) is -0.231. The number of fused-ring (bicyclic) bond motifs is 1. The first-order chi connectivity index (χ1) is 12.7. The van der Waals surface area contributed by atoms with Gasteiger partial charge >= 0.3 is 0 Å². The maximum Gasteiger partial charge on any atom is 0.137 e. The molecule has 0 radical (unpaired) electrons. The quantitative estimate of drug-likeness (QED) is 0.753. The number of anilines is 1. The van der Waals surface area contributed by atoms with E-state index in [1.54, 1.807) is 12.1 Å². The van der Waals surface area contributed by atoms with Gasteiger partial charge in [0.15, 0.2) is 0 Å². The van der Waals surface area contributed by atoms with Gasteiger partial charge in [-0.15, -0.1) is 0 Å². The molecule has 1 saturated heterocycles. The number of pyridine rings is 1. The molecule has 1 aliphatic heterocycles. The SMILES string of the molecule is CCC1CCCCN1Cc1c(-c2ccc(F)cc2)nc2ccc(N)cn12. The second kappa shape index (κ2) is 7.08. The number of nitrogens with two attached hydrogens (primary N) is 1. The van der Waals surface area contributed by atoms with E-state index in [0.717, 1.165) is 42.1 Å². The van der Waals surface area contributed by atoms with Gasteiger partial charge in [-0.1, -0.05) is 13.3 Å². The third kappa shape index (κ3) is 3.19. The van der Waals surface area contributed by atoms with E-state index in [-0.39, 0.29) is 5.82 Å². The van der Waals surface area contributed by atoms with Gasteiger partial charge in [0.25, 0.3) is 0 Å². The Labute approximate surface area is 153 Å². The summed E-state index contributed by atoms with van der Waals surface area (Å²) in [4.78, 5) is 7.39. The van der Waals surface area contributed by atoms with Gasteiger partial charge in [0, 0.05) is 30.0 Å². The normalized spacial score (nSPS) is 18.5. The van der Waals surface area contributed by atoms with Crippen LogP contribution in [0.1, 0.15) is 38.3 Å². The molecule has 5 heteroatoms. The highest BCUT2D eigenvalue weighted by Crippen LogP contribution is 2.29. The van der Waals surface area contributed by atoms with E-state index >= 15 is 0 Å². The molecule has 4 nitrogen and oxygen atoms in total. The first-order valence-electron chi connectivity index (χ1n) is 9.42. The van der Waals surface area contributed by atoms with E-state index in [2.05, 4.69) is 16.2 Å². The lowest BCUT2D eigenvalue weighted by molar-refractivity contribution is 0.134. The van der Waals surface area contributed by atoms with Crippen molar-refractivity contribution in [2.45, 2.75) is 45.2 Å². The Kier molecular flexibility index (Phi) is 4.64. The summed E-state index contributed by atoms with van der Waals surface area (Å²) in [7, 11) is 0. The van der Waals surface area contributed by atoms with Crippen molar-refractivity contribution in [2.24, 2.45) is 0 Å². The van der Waals surface area contributed by atoms with Crippen molar-refractivity contribution in [1.29, 1.82) is 0 Å². The molecule has 1 unspecified atom stereocenters. The number of benzene rings is 1. The fourth-order valence-corrected chi connectivity index (χ4v) is 4.02. The number of imidazole rings is 1. The van der Waals surface area contributed by atoms with E-state index in [0.29, 0.717) is 11.7 Å². The first kappa shape index (κ1) is 17.0. The van der Waals surface area contributed by atoms with Crippen LogP contribution in [0.5, 0.6) is 0 Å². The van der Waals surface area contributed by atoms with Crippen LogP contribution in [0.3, 0.4) is 0 Å². The molecule has 4 rings (SSSR count). The number of nitrogens with zero attached hydrogens (tertiary/aromatic N) is 3. The molecule has 2 N–H and O–H groups in total. The number of nitrogen functional groups attached to an aromatic ring is 1. The Morgan fingerprint density at radius 2 is 1.96 bits per heavy atom. The molecule has 26 heavy (non-hydrogen) atoms. The first-order valence-corrected chi connectivity index (χ1v) is 9.42. The van der Waals surface area contributed by atoms with Crippen LogP contribution in [0, 0.1) is 5.82 Å². The summed E-state index contributed by atoms with van der Waals surface area (Å²) in [5, 5.41) is 0. The van der Waals surface area contributed by atoms with Crippen LogP contribution in [-0.2, 0) is 6.54 Å². The molecule has 1 aliphatic rings. The van der Waals surface area contributed by atoms with Gasteiger partial charge in [-0.2, -0.15) is 0 Å². The second-order valence-corrected chi connectivity index (χ2v) is 7.13. The fourth-order valence-electron chi connectivity index (χ4n) is 4.02. The molecule has 2 aromatic heterocycles. The molecule has 1 fully saturated rings. The van der Waals surface area contributed by atoms with Crippen LogP contribution in [0.25, 0.3) is 16.9 Å². The minimum absolute atomic E-state index is 0.231. The summed E-state index contributed by atoms with van der Waals surface area (Å²) in [5.41, 5.74) is 10.6. The van der Waals surface area contributed by atoms with Gasteiger partial charge in [0.05, 0.1) is 11.4 Å². The second-order valence-electron chi connectivity index (χ2n) is 7.13. The summed E-state index contributed by atoms with van der Waals surface area (Å²) in [6, 6.07) is 11.0. The van der Waals surface area contributed by atoms with E-state index in [4.69, 9.17) is 10.7 Å². The molecule has 0 bridgehead atoms. The lowest BCUT2D eigenvalue weighted by atomic mass is 9.99. The number of likely N-dealkylation sites (tertiary alicyclic amines) is 1. The van der Waals surface area contributed by atoms with Crippen LogP contribution < -0.4 is 5.73 Å². The van der Waals surface area contributed by atoms with E-state index in [1.165, 1.54) is 31.4 Å². The Balaban J connectivity index is 1.81. The Morgan fingerprint density at radius 3 is 2.73 bits per heavy atom. The van der Waals surface area contributed by atoms with Gasteiger partial charge in [0.1, 0.15) is 11.5 Å². The van der Waals surface area contributed by atoms with Crippen molar-refractivity contribution < 1.29 is 4.39 Å². The highest BCUT2D eigenvalue weighted by Gasteiger charge is 2.24. The minimum Gasteiger partial charge on any atom is -0.398 e. The number of rotatable bonds is 4. The van der Waals surface area contributed by atoms with E-state index in [1.807, 2.05) is 18.3 Å². The number of hydrogen-bond donors (Lipinski definition) is 1. The topological polar surface area (TPSA) is 46.6 Å². The summed E-state index contributed by atoms with van der Waals surface area (Å²) in [6.07, 6.45) is 6.89. The van der Waals surface area contributed by atoms with Crippen molar-refractivity contribution in [3.05, 3.63) is 54.1 Å². The summed E-state index contributed by atoms with van der Waals surface area (Å²) >= 11 is 0. The molecular weight excluding hydrogens is 327 g/mol. The fraction of sp³-hybridized carbons (Fsp3) is 0.381. The van der Waals surface area contributed by atoms with Crippen LogP contribution in [0.4, 0.5) is 10.1 Å². The monoisotopic (exact) mass is 352 g/mol. The van der Waals surface area contributed by atoms with E-state index < -0.39 is 0 Å². The zero-order valence-electron chi connectivity index (χ0n) is 15.2. The zero-order valence-corrected chi connectivity index (χ0v) is 15.2. The van der Waals surface area contributed by atoms with Crippen LogP contribution in [0.2, 0.25) is 0 Å². The third-order valence-electron chi connectivity index (χ3n) is 5.43. The molecule has 3 heterocycles. The molecule has 3 aromatic rings. The molecule has 0 amide bonds. The maximum atomic E-state index is 13.4. The lowest BCUT2D eigenvalue weighted by Crippen LogP contribution is -2.38. The molecule has 0 spiro atoms. The summed E-state index contributed by atoms with van der Waals surface area (Å²) < 4.78 is 15.5. The number of hydrogen-bond acceptors (Lipinski definition) is 3. The van der Waals surface area contributed by atoms with Crippen LogP contribution in [0.15, 0.2) is 42.6 Å². The van der Waals surface area contributed by atoms with Gasteiger partial charge in [-0.3, -0.25) is 4.90 Å². The Hall–Kier alpha value is -2.40. The predicted molar refractivity (Wildman–Crippen MR) is 103 cm³/mol.